The van der Waals surface area contributed by atoms with Gasteiger partial charge in [-0.1, -0.05) is 32.9 Å². The van der Waals surface area contributed by atoms with E-state index >= 15 is 0 Å². The molecule has 0 radical (unpaired) electrons. The summed E-state index contributed by atoms with van der Waals surface area (Å²) in [5.74, 6) is 0.626. The van der Waals surface area contributed by atoms with E-state index in [1.165, 1.54) is 5.56 Å². The Kier molecular flexibility index (Phi) is 4.25. The Morgan fingerprint density at radius 3 is 2.63 bits per heavy atom. The minimum Gasteiger partial charge on any atom is -0.326 e. The largest absolute Gasteiger partial charge is 0.326 e. The Hall–Kier alpha value is -1.35. The van der Waals surface area contributed by atoms with Crippen LogP contribution in [0.25, 0.3) is 0 Å². The smallest absolute Gasteiger partial charge is 0.230 e. The summed E-state index contributed by atoms with van der Waals surface area (Å²) >= 11 is 0. The molecular weight excluding hydrogens is 236 g/mol. The maximum atomic E-state index is 12.4. The molecule has 1 aromatic rings. The summed E-state index contributed by atoms with van der Waals surface area (Å²) in [4.78, 5) is 12.4. The lowest BCUT2D eigenvalue weighted by Gasteiger charge is -2.32. The highest BCUT2D eigenvalue weighted by atomic mass is 16.2. The van der Waals surface area contributed by atoms with Crippen molar-refractivity contribution < 1.29 is 4.79 Å². The SMILES string of the molecule is CC(C)c1cccc(NC(=O)C2(C)CCNCC2)c1. The van der Waals surface area contributed by atoms with Crippen molar-refractivity contribution in [2.75, 3.05) is 18.4 Å². The summed E-state index contributed by atoms with van der Waals surface area (Å²) < 4.78 is 0. The van der Waals surface area contributed by atoms with Gasteiger partial charge in [0.05, 0.1) is 0 Å². The van der Waals surface area contributed by atoms with Crippen LogP contribution < -0.4 is 10.6 Å². The first kappa shape index (κ1) is 14.1. The van der Waals surface area contributed by atoms with Gasteiger partial charge in [0.2, 0.25) is 5.91 Å². The van der Waals surface area contributed by atoms with E-state index in [2.05, 4.69) is 43.5 Å². The Morgan fingerprint density at radius 1 is 1.32 bits per heavy atom. The number of anilines is 1. The van der Waals surface area contributed by atoms with Gasteiger partial charge in [-0.3, -0.25) is 4.79 Å². The standard InChI is InChI=1S/C16H24N2O/c1-12(2)13-5-4-6-14(11-13)18-15(19)16(3)7-9-17-10-8-16/h4-6,11-12,17H,7-10H2,1-3H3,(H,18,19). The third kappa shape index (κ3) is 3.35. The minimum absolute atomic E-state index is 0.148. The van der Waals surface area contributed by atoms with Gasteiger partial charge in [-0.2, -0.15) is 0 Å². The molecule has 104 valence electrons. The van der Waals surface area contributed by atoms with Crippen LogP contribution in [0, 0.1) is 5.41 Å². The van der Waals surface area contributed by atoms with Gasteiger partial charge in [0.15, 0.2) is 0 Å². The highest BCUT2D eigenvalue weighted by Crippen LogP contribution is 2.30. The maximum Gasteiger partial charge on any atom is 0.230 e. The number of carbonyl (C=O) groups excluding carboxylic acids is 1. The second-order valence-electron chi connectivity index (χ2n) is 6.04. The highest BCUT2D eigenvalue weighted by molar-refractivity contribution is 5.95. The summed E-state index contributed by atoms with van der Waals surface area (Å²) in [7, 11) is 0. The zero-order chi connectivity index (χ0) is 13.9. The molecule has 1 aliphatic rings. The molecule has 0 saturated carbocycles. The molecule has 2 rings (SSSR count). The van der Waals surface area contributed by atoms with E-state index in [0.717, 1.165) is 31.6 Å². The van der Waals surface area contributed by atoms with Crippen molar-refractivity contribution in [2.45, 2.75) is 39.5 Å². The lowest BCUT2D eigenvalue weighted by atomic mass is 9.80. The number of hydrogen-bond acceptors (Lipinski definition) is 2. The van der Waals surface area contributed by atoms with Crippen molar-refractivity contribution in [3.8, 4) is 0 Å². The molecule has 0 aromatic heterocycles. The molecule has 1 aliphatic heterocycles. The maximum absolute atomic E-state index is 12.4. The second-order valence-corrected chi connectivity index (χ2v) is 6.04. The predicted octanol–water partition coefficient (Wildman–Crippen LogP) is 3.14. The van der Waals surface area contributed by atoms with Crippen molar-refractivity contribution in [1.82, 2.24) is 5.32 Å². The predicted molar refractivity (Wildman–Crippen MR) is 79.4 cm³/mol. The third-order valence-electron chi connectivity index (χ3n) is 4.07. The van der Waals surface area contributed by atoms with Crippen molar-refractivity contribution in [3.63, 3.8) is 0 Å². The summed E-state index contributed by atoms with van der Waals surface area (Å²) in [6, 6.07) is 8.16. The molecular formula is C16H24N2O. The zero-order valence-electron chi connectivity index (χ0n) is 12.1. The van der Waals surface area contributed by atoms with Crippen molar-refractivity contribution in [2.24, 2.45) is 5.41 Å². The zero-order valence-corrected chi connectivity index (χ0v) is 12.1. The fourth-order valence-corrected chi connectivity index (χ4v) is 2.46. The molecule has 19 heavy (non-hydrogen) atoms. The van der Waals surface area contributed by atoms with Crippen LogP contribution in [-0.4, -0.2) is 19.0 Å². The third-order valence-corrected chi connectivity index (χ3v) is 4.07. The molecule has 0 unspecified atom stereocenters. The fraction of sp³-hybridized carbons (Fsp3) is 0.562. The summed E-state index contributed by atoms with van der Waals surface area (Å²) in [6.45, 7) is 8.24. The van der Waals surface area contributed by atoms with E-state index in [4.69, 9.17) is 0 Å². The number of nitrogens with one attached hydrogen (secondary N) is 2. The second kappa shape index (κ2) is 5.74. The number of rotatable bonds is 3. The fourth-order valence-electron chi connectivity index (χ4n) is 2.46. The van der Waals surface area contributed by atoms with Crippen molar-refractivity contribution in [1.29, 1.82) is 0 Å². The van der Waals surface area contributed by atoms with Gasteiger partial charge in [-0.15, -0.1) is 0 Å². The Balaban J connectivity index is 2.08. The molecule has 0 aliphatic carbocycles. The normalized spacial score (nSPS) is 18.3. The van der Waals surface area contributed by atoms with E-state index in [0.29, 0.717) is 5.92 Å². The van der Waals surface area contributed by atoms with Gasteiger partial charge >= 0.3 is 0 Å². The lowest BCUT2D eigenvalue weighted by molar-refractivity contribution is -0.126. The van der Waals surface area contributed by atoms with Gasteiger partial charge in [0.25, 0.3) is 0 Å². The first-order valence-electron chi connectivity index (χ1n) is 7.13. The van der Waals surface area contributed by atoms with E-state index in [1.54, 1.807) is 0 Å². The van der Waals surface area contributed by atoms with Crippen molar-refractivity contribution in [3.05, 3.63) is 29.8 Å². The average molecular weight is 260 g/mol. The van der Waals surface area contributed by atoms with Crippen LogP contribution in [0.5, 0.6) is 0 Å². The Morgan fingerprint density at radius 2 is 2.00 bits per heavy atom. The van der Waals surface area contributed by atoms with Gasteiger partial charge in [-0.25, -0.2) is 0 Å². The minimum atomic E-state index is -0.237. The number of carbonyl (C=O) groups is 1. The first-order chi connectivity index (χ1) is 9.01. The van der Waals surface area contributed by atoms with Gasteiger partial charge in [-0.05, 0) is 49.5 Å². The van der Waals surface area contributed by atoms with Crippen LogP contribution in [0.4, 0.5) is 5.69 Å². The average Bonchev–Trinajstić information content (AvgIpc) is 2.40. The van der Waals surface area contributed by atoms with Crippen LogP contribution in [0.3, 0.4) is 0 Å². The van der Waals surface area contributed by atoms with Crippen LogP contribution in [0.2, 0.25) is 0 Å². The molecule has 1 amide bonds. The molecule has 0 bridgehead atoms. The lowest BCUT2D eigenvalue weighted by Crippen LogP contribution is -2.42. The van der Waals surface area contributed by atoms with E-state index < -0.39 is 0 Å². The summed E-state index contributed by atoms with van der Waals surface area (Å²) in [6.07, 6.45) is 1.81. The quantitative estimate of drug-likeness (QED) is 0.876. The monoisotopic (exact) mass is 260 g/mol. The van der Waals surface area contributed by atoms with Crippen LogP contribution in [0.1, 0.15) is 45.1 Å². The molecule has 1 heterocycles. The van der Waals surface area contributed by atoms with Crippen molar-refractivity contribution >= 4 is 11.6 Å². The molecule has 3 nitrogen and oxygen atoms in total. The van der Waals surface area contributed by atoms with Gasteiger partial charge < -0.3 is 10.6 Å². The Bertz CT molecular complexity index is 448. The Labute approximate surface area is 115 Å². The first-order valence-corrected chi connectivity index (χ1v) is 7.13. The van der Waals surface area contributed by atoms with E-state index in [9.17, 15) is 4.79 Å². The van der Waals surface area contributed by atoms with Gasteiger partial charge in [0.1, 0.15) is 0 Å². The highest BCUT2D eigenvalue weighted by Gasteiger charge is 2.34. The molecule has 2 N–H and O–H groups in total. The molecule has 3 heteroatoms. The number of benzene rings is 1. The molecule has 1 fully saturated rings. The number of piperidine rings is 1. The molecule has 0 spiro atoms. The van der Waals surface area contributed by atoms with Crippen LogP contribution in [-0.2, 0) is 4.79 Å². The van der Waals surface area contributed by atoms with E-state index in [-0.39, 0.29) is 11.3 Å². The number of hydrogen-bond donors (Lipinski definition) is 2. The topological polar surface area (TPSA) is 41.1 Å². The molecule has 1 aromatic carbocycles. The number of amides is 1. The molecule has 1 saturated heterocycles. The van der Waals surface area contributed by atoms with Crippen LogP contribution >= 0.6 is 0 Å². The van der Waals surface area contributed by atoms with Gasteiger partial charge in [0, 0.05) is 11.1 Å². The summed E-state index contributed by atoms with van der Waals surface area (Å²) in [5, 5.41) is 6.38. The summed E-state index contributed by atoms with van der Waals surface area (Å²) in [5.41, 5.74) is 1.93. The van der Waals surface area contributed by atoms with E-state index in [1.807, 2.05) is 12.1 Å². The molecule has 0 atom stereocenters. The van der Waals surface area contributed by atoms with Crippen LogP contribution in [0.15, 0.2) is 24.3 Å².